The van der Waals surface area contributed by atoms with Gasteiger partial charge in [-0.25, -0.2) is 12.8 Å². The molecule has 1 aliphatic heterocycles. The summed E-state index contributed by atoms with van der Waals surface area (Å²) in [5.74, 6) is -1.37. The number of rotatable bonds is 6. The maximum Gasteiger partial charge on any atom is 0.325 e. The van der Waals surface area contributed by atoms with Crippen molar-refractivity contribution in [3.05, 3.63) is 30.1 Å². The number of sulfonamides is 1. The van der Waals surface area contributed by atoms with Crippen molar-refractivity contribution >= 4 is 21.9 Å². The van der Waals surface area contributed by atoms with Crippen molar-refractivity contribution in [1.29, 1.82) is 0 Å². The van der Waals surface area contributed by atoms with Crippen LogP contribution in [0.1, 0.15) is 0 Å². The smallest absolute Gasteiger partial charge is 0.325 e. The molecule has 0 aliphatic carbocycles. The van der Waals surface area contributed by atoms with Gasteiger partial charge in [-0.15, -0.1) is 0 Å². The van der Waals surface area contributed by atoms with Crippen LogP contribution in [0.5, 0.6) is 0 Å². The Morgan fingerprint density at radius 3 is 2.32 bits per heavy atom. The monoisotopic (exact) mass is 373 g/mol. The van der Waals surface area contributed by atoms with Crippen LogP contribution in [0.4, 0.5) is 4.39 Å². The van der Waals surface area contributed by atoms with E-state index in [0.29, 0.717) is 13.1 Å². The van der Waals surface area contributed by atoms with Gasteiger partial charge in [0.05, 0.1) is 18.6 Å². The van der Waals surface area contributed by atoms with E-state index in [4.69, 9.17) is 0 Å². The van der Waals surface area contributed by atoms with Crippen LogP contribution in [0.3, 0.4) is 0 Å². The normalized spacial score (nSPS) is 16.4. The van der Waals surface area contributed by atoms with Crippen LogP contribution < -0.4 is 5.32 Å². The van der Waals surface area contributed by atoms with Crippen molar-refractivity contribution in [3.8, 4) is 0 Å². The average Bonchev–Trinajstić information content (AvgIpc) is 2.60. The number of ether oxygens (including phenoxy) is 1. The molecule has 0 atom stereocenters. The summed E-state index contributed by atoms with van der Waals surface area (Å²) in [4.78, 5) is 24.5. The molecule has 8 nitrogen and oxygen atoms in total. The second kappa shape index (κ2) is 8.37. The number of piperazine rings is 1. The predicted molar refractivity (Wildman–Crippen MR) is 86.6 cm³/mol. The lowest BCUT2D eigenvalue weighted by molar-refractivity contribution is -0.141. The Morgan fingerprint density at radius 1 is 1.16 bits per heavy atom. The molecule has 138 valence electrons. The van der Waals surface area contributed by atoms with Crippen molar-refractivity contribution in [2.75, 3.05) is 46.4 Å². The third-order valence-corrected chi connectivity index (χ3v) is 5.72. The number of benzene rings is 1. The lowest BCUT2D eigenvalue weighted by Crippen LogP contribution is -2.51. The van der Waals surface area contributed by atoms with Crippen LogP contribution in [0, 0.1) is 5.82 Å². The zero-order valence-corrected chi connectivity index (χ0v) is 14.6. The Labute approximate surface area is 145 Å². The first kappa shape index (κ1) is 19.3. The maximum absolute atomic E-state index is 12.9. The fourth-order valence-electron chi connectivity index (χ4n) is 2.39. The summed E-state index contributed by atoms with van der Waals surface area (Å²) in [6.45, 7) is 1.09. The van der Waals surface area contributed by atoms with Gasteiger partial charge < -0.3 is 10.1 Å². The predicted octanol–water partition coefficient (Wildman–Crippen LogP) is -0.579. The molecular weight excluding hydrogens is 353 g/mol. The summed E-state index contributed by atoms with van der Waals surface area (Å²) in [6, 6.07) is 4.68. The van der Waals surface area contributed by atoms with E-state index in [-0.39, 0.29) is 37.0 Å². The molecule has 10 heteroatoms. The lowest BCUT2D eigenvalue weighted by Gasteiger charge is -2.33. The Hall–Kier alpha value is -2.04. The van der Waals surface area contributed by atoms with E-state index in [1.54, 1.807) is 4.90 Å². The first-order valence-corrected chi connectivity index (χ1v) is 9.08. The molecule has 1 amide bonds. The molecule has 0 radical (unpaired) electrons. The summed E-state index contributed by atoms with van der Waals surface area (Å²) < 4.78 is 43.7. The third-order valence-electron chi connectivity index (χ3n) is 3.81. The Bertz CT molecular complexity index is 715. The molecule has 1 N–H and O–H groups in total. The zero-order valence-electron chi connectivity index (χ0n) is 13.8. The summed E-state index contributed by atoms with van der Waals surface area (Å²) in [6.07, 6.45) is 0. The molecule has 0 spiro atoms. The van der Waals surface area contributed by atoms with Gasteiger partial charge in [-0.05, 0) is 24.3 Å². The minimum atomic E-state index is -3.68. The van der Waals surface area contributed by atoms with Crippen LogP contribution in [0.2, 0.25) is 0 Å². The molecule has 0 aromatic heterocycles. The van der Waals surface area contributed by atoms with E-state index in [9.17, 15) is 22.4 Å². The number of carbonyl (C=O) groups is 2. The van der Waals surface area contributed by atoms with E-state index in [1.807, 2.05) is 0 Å². The minimum Gasteiger partial charge on any atom is -0.468 e. The lowest BCUT2D eigenvalue weighted by atomic mass is 10.3. The van der Waals surface area contributed by atoms with E-state index in [1.165, 1.54) is 23.5 Å². The highest BCUT2D eigenvalue weighted by Crippen LogP contribution is 2.17. The van der Waals surface area contributed by atoms with E-state index in [0.717, 1.165) is 12.1 Å². The molecule has 1 aliphatic rings. The molecule has 1 fully saturated rings. The van der Waals surface area contributed by atoms with Gasteiger partial charge in [0.25, 0.3) is 0 Å². The van der Waals surface area contributed by atoms with E-state index >= 15 is 0 Å². The number of nitrogens with one attached hydrogen (secondary N) is 1. The van der Waals surface area contributed by atoms with E-state index in [2.05, 4.69) is 10.1 Å². The molecule has 1 aromatic carbocycles. The number of halogens is 1. The van der Waals surface area contributed by atoms with Crippen LogP contribution >= 0.6 is 0 Å². The highest BCUT2D eigenvalue weighted by atomic mass is 32.2. The first-order valence-electron chi connectivity index (χ1n) is 7.64. The third kappa shape index (κ3) is 5.21. The number of amides is 1. The van der Waals surface area contributed by atoms with Crippen molar-refractivity contribution in [3.63, 3.8) is 0 Å². The van der Waals surface area contributed by atoms with Crippen LogP contribution in [0.15, 0.2) is 29.2 Å². The fourth-order valence-corrected chi connectivity index (χ4v) is 3.81. The second-order valence-corrected chi connectivity index (χ2v) is 7.42. The Morgan fingerprint density at radius 2 is 1.76 bits per heavy atom. The van der Waals surface area contributed by atoms with Gasteiger partial charge in [0.1, 0.15) is 12.4 Å². The minimum absolute atomic E-state index is 0.0400. The highest BCUT2D eigenvalue weighted by molar-refractivity contribution is 7.89. The van der Waals surface area contributed by atoms with Gasteiger partial charge in [0.15, 0.2) is 0 Å². The standard InChI is InChI=1S/C15H20FN3O5S/c1-24-15(21)10-17-14(20)11-18-6-8-19(9-7-18)25(22,23)13-4-2-12(16)3-5-13/h2-5H,6-11H2,1H3,(H,17,20). The molecule has 1 heterocycles. The van der Waals surface area contributed by atoms with Gasteiger partial charge >= 0.3 is 5.97 Å². The summed E-state index contributed by atoms with van der Waals surface area (Å²) in [7, 11) is -2.45. The van der Waals surface area contributed by atoms with Gasteiger partial charge in [0.2, 0.25) is 15.9 Å². The number of esters is 1. The molecule has 1 aromatic rings. The largest absolute Gasteiger partial charge is 0.468 e. The Balaban J connectivity index is 1.85. The van der Waals surface area contributed by atoms with Crippen molar-refractivity contribution < 1.29 is 27.1 Å². The average molecular weight is 373 g/mol. The fraction of sp³-hybridized carbons (Fsp3) is 0.467. The second-order valence-electron chi connectivity index (χ2n) is 5.49. The number of hydrogen-bond donors (Lipinski definition) is 1. The SMILES string of the molecule is COC(=O)CNC(=O)CN1CCN(S(=O)(=O)c2ccc(F)cc2)CC1. The molecule has 0 unspecified atom stereocenters. The Kier molecular flexibility index (Phi) is 6.45. The summed E-state index contributed by atoms with van der Waals surface area (Å²) in [5, 5.41) is 2.43. The van der Waals surface area contributed by atoms with Crippen LogP contribution in [-0.4, -0.2) is 75.9 Å². The topological polar surface area (TPSA) is 96.0 Å². The number of carbonyl (C=O) groups excluding carboxylic acids is 2. The van der Waals surface area contributed by atoms with E-state index < -0.39 is 21.8 Å². The maximum atomic E-state index is 12.9. The van der Waals surface area contributed by atoms with Crippen molar-refractivity contribution in [1.82, 2.24) is 14.5 Å². The van der Waals surface area contributed by atoms with Crippen molar-refractivity contribution in [2.24, 2.45) is 0 Å². The van der Waals surface area contributed by atoms with Gasteiger partial charge in [-0.3, -0.25) is 14.5 Å². The van der Waals surface area contributed by atoms with Gasteiger partial charge in [-0.1, -0.05) is 0 Å². The first-order chi connectivity index (χ1) is 11.8. The highest BCUT2D eigenvalue weighted by Gasteiger charge is 2.29. The number of methoxy groups -OCH3 is 1. The van der Waals surface area contributed by atoms with Gasteiger partial charge in [0, 0.05) is 26.2 Å². The molecule has 0 bridgehead atoms. The van der Waals surface area contributed by atoms with Crippen LogP contribution in [0.25, 0.3) is 0 Å². The molecular formula is C15H20FN3O5S. The number of hydrogen-bond acceptors (Lipinski definition) is 6. The zero-order chi connectivity index (χ0) is 18.4. The molecule has 0 saturated carbocycles. The molecule has 2 rings (SSSR count). The summed E-state index contributed by atoms with van der Waals surface area (Å²) in [5.41, 5.74) is 0. The summed E-state index contributed by atoms with van der Waals surface area (Å²) >= 11 is 0. The van der Waals surface area contributed by atoms with Crippen LogP contribution in [-0.2, 0) is 24.3 Å². The molecule has 25 heavy (non-hydrogen) atoms. The quantitative estimate of drug-likeness (QED) is 0.671. The molecule has 1 saturated heterocycles. The van der Waals surface area contributed by atoms with Gasteiger partial charge in [-0.2, -0.15) is 4.31 Å². The van der Waals surface area contributed by atoms with Crippen molar-refractivity contribution in [2.45, 2.75) is 4.90 Å². The number of nitrogens with zero attached hydrogens (tertiary/aromatic N) is 2.